The van der Waals surface area contributed by atoms with E-state index < -0.39 is 0 Å². The smallest absolute Gasteiger partial charge is 0.119 e. The minimum atomic E-state index is 0.301. The van der Waals surface area contributed by atoms with Crippen LogP contribution < -0.4 is 14.4 Å². The van der Waals surface area contributed by atoms with Crippen LogP contribution in [0, 0.1) is 6.92 Å². The molecule has 0 N–H and O–H groups in total. The van der Waals surface area contributed by atoms with Crippen molar-refractivity contribution < 1.29 is 9.47 Å². The first-order chi connectivity index (χ1) is 36.6. The fourth-order valence-electron chi connectivity index (χ4n) is 12.4. The van der Waals surface area contributed by atoms with Gasteiger partial charge in [-0.15, -0.1) is 0 Å². The third-order valence-electron chi connectivity index (χ3n) is 16.0. The summed E-state index contributed by atoms with van der Waals surface area (Å²) in [6.07, 6.45) is 10.1. The number of anilines is 3. The highest BCUT2D eigenvalue weighted by Crippen LogP contribution is 2.48. The molecule has 0 spiro atoms. The lowest BCUT2D eigenvalue weighted by Crippen LogP contribution is -2.13. The summed E-state index contributed by atoms with van der Waals surface area (Å²) in [6.45, 7) is 2.28. The van der Waals surface area contributed by atoms with E-state index in [2.05, 4.69) is 239 Å². The Morgan fingerprint density at radius 2 is 0.919 bits per heavy atom. The number of aryl methyl sites for hydroxylation is 1. The molecule has 0 amide bonds. The zero-order valence-electron chi connectivity index (χ0n) is 41.8. The molecule has 2 aromatic heterocycles. The maximum atomic E-state index is 6.47. The number of fused-ring (bicyclic) bond motifs is 8. The minimum absolute atomic E-state index is 0.301. The SMILES string of the molecule is Cc1cc(N(c2ccc(OC3CCCC3)cc2)c2ccc(OC3CCCC3)cc2)ccc1-c1cc2c3ccccc3n(-c3ccc(-c4ccccc4)cc3)c2c2c1c1ccccc1n2-c1ccc2ccccc2c1. The summed E-state index contributed by atoms with van der Waals surface area (Å²) < 4.78 is 18.0. The molecule has 0 aliphatic heterocycles. The maximum absolute atomic E-state index is 6.47. The van der Waals surface area contributed by atoms with Crippen LogP contribution in [0.1, 0.15) is 56.9 Å². The Hall–Kier alpha value is -8.54. The molecule has 2 aliphatic rings. The first kappa shape index (κ1) is 44.2. The highest BCUT2D eigenvalue weighted by atomic mass is 16.5. The Bertz CT molecular complexity index is 3960. The van der Waals surface area contributed by atoms with Gasteiger partial charge in [0.25, 0.3) is 0 Å². The molecule has 2 heterocycles. The maximum Gasteiger partial charge on any atom is 0.119 e. The van der Waals surface area contributed by atoms with Gasteiger partial charge in [-0.2, -0.15) is 0 Å². The normalized spacial score (nSPS) is 14.3. The summed E-state index contributed by atoms with van der Waals surface area (Å²) in [6, 6.07) is 80.2. The van der Waals surface area contributed by atoms with E-state index in [4.69, 9.17) is 9.47 Å². The summed E-state index contributed by atoms with van der Waals surface area (Å²) in [5.41, 5.74) is 16.2. The average Bonchev–Trinajstić information content (AvgIpc) is 4.29. The van der Waals surface area contributed by atoms with E-state index in [1.165, 1.54) is 108 Å². The molecule has 74 heavy (non-hydrogen) atoms. The summed E-state index contributed by atoms with van der Waals surface area (Å²) in [4.78, 5) is 2.37. The molecule has 0 radical (unpaired) electrons. The lowest BCUT2D eigenvalue weighted by molar-refractivity contribution is 0.210. The molecule has 2 fully saturated rings. The number of hydrogen-bond acceptors (Lipinski definition) is 3. The van der Waals surface area contributed by atoms with Crippen LogP contribution in [0.15, 0.2) is 218 Å². The van der Waals surface area contributed by atoms with Crippen LogP contribution in [0.5, 0.6) is 11.5 Å². The van der Waals surface area contributed by atoms with E-state index >= 15 is 0 Å². The van der Waals surface area contributed by atoms with E-state index in [9.17, 15) is 0 Å². The van der Waals surface area contributed by atoms with E-state index in [1.54, 1.807) is 0 Å². The van der Waals surface area contributed by atoms with Gasteiger partial charge in [0, 0.05) is 50.0 Å². The quantitative estimate of drug-likeness (QED) is 0.129. The highest BCUT2D eigenvalue weighted by molar-refractivity contribution is 6.28. The van der Waals surface area contributed by atoms with E-state index in [1.807, 2.05) is 0 Å². The van der Waals surface area contributed by atoms with Gasteiger partial charge in [-0.25, -0.2) is 0 Å². The fourth-order valence-corrected chi connectivity index (χ4v) is 12.4. The minimum Gasteiger partial charge on any atom is -0.490 e. The van der Waals surface area contributed by atoms with Crippen molar-refractivity contribution in [1.29, 1.82) is 0 Å². The summed E-state index contributed by atoms with van der Waals surface area (Å²) in [7, 11) is 0. The number of benzene rings is 10. The zero-order chi connectivity index (χ0) is 49.1. The lowest BCUT2D eigenvalue weighted by Gasteiger charge is -2.27. The fraction of sp³-hybridized carbons (Fsp3) is 0.159. The Morgan fingerprint density at radius 3 is 1.57 bits per heavy atom. The third-order valence-corrected chi connectivity index (χ3v) is 16.0. The van der Waals surface area contributed by atoms with Crippen LogP contribution in [0.25, 0.3) is 88.0 Å². The molecule has 0 unspecified atom stereocenters. The van der Waals surface area contributed by atoms with Gasteiger partial charge >= 0.3 is 0 Å². The topological polar surface area (TPSA) is 31.6 Å². The molecule has 0 bridgehead atoms. The molecule has 5 nitrogen and oxygen atoms in total. The second-order valence-electron chi connectivity index (χ2n) is 20.6. The van der Waals surface area contributed by atoms with Gasteiger partial charge in [0.2, 0.25) is 0 Å². The van der Waals surface area contributed by atoms with Gasteiger partial charge in [0.05, 0.1) is 34.3 Å². The number of para-hydroxylation sites is 2. The highest BCUT2D eigenvalue weighted by Gasteiger charge is 2.26. The van der Waals surface area contributed by atoms with Crippen molar-refractivity contribution in [3.05, 3.63) is 224 Å². The Balaban J connectivity index is 0.977. The van der Waals surface area contributed by atoms with Crippen LogP contribution in [0.2, 0.25) is 0 Å². The standard InChI is InChI=1S/C69H57N3O2/c1-46-43-54(70(51-33-38-58(39-34-51)73-56-19-7-8-20-56)52-35-40-59(41-36-52)74-57-21-9-10-22-57)37-42-60(46)63-45-64-61-23-11-13-25-65(61)71(53-30-27-49(28-31-53)47-15-3-2-4-16-47)68(64)69-67(63)62-24-12-14-26-66(62)72(69)55-32-29-48-17-5-6-18-50(48)44-55/h2-6,11-18,23-45,56-57H,7-10,19-22H2,1H3. The third kappa shape index (κ3) is 7.77. The number of aromatic nitrogens is 2. The predicted octanol–water partition coefficient (Wildman–Crippen LogP) is 18.8. The monoisotopic (exact) mass is 959 g/mol. The number of rotatable bonds is 11. The van der Waals surface area contributed by atoms with Crippen LogP contribution >= 0.6 is 0 Å². The second-order valence-corrected chi connectivity index (χ2v) is 20.6. The molecule has 14 rings (SSSR count). The number of hydrogen-bond donors (Lipinski definition) is 0. The predicted molar refractivity (Wildman–Crippen MR) is 309 cm³/mol. The van der Waals surface area contributed by atoms with E-state index in [0.29, 0.717) is 12.2 Å². The molecule has 12 aromatic rings. The van der Waals surface area contributed by atoms with Crippen LogP contribution in [-0.2, 0) is 0 Å². The summed E-state index contributed by atoms with van der Waals surface area (Å²) in [5.74, 6) is 1.86. The summed E-state index contributed by atoms with van der Waals surface area (Å²) >= 11 is 0. The molecule has 0 atom stereocenters. The van der Waals surface area contributed by atoms with Crippen molar-refractivity contribution in [3.63, 3.8) is 0 Å². The molecule has 2 saturated carbocycles. The Morgan fingerprint density at radius 1 is 0.392 bits per heavy atom. The average molecular weight is 960 g/mol. The van der Waals surface area contributed by atoms with Gasteiger partial charge in [0.15, 0.2) is 0 Å². The first-order valence-electron chi connectivity index (χ1n) is 26.7. The van der Waals surface area contributed by atoms with Crippen molar-refractivity contribution in [2.45, 2.75) is 70.5 Å². The first-order valence-corrected chi connectivity index (χ1v) is 26.7. The Labute approximate surface area is 432 Å². The van der Waals surface area contributed by atoms with Crippen molar-refractivity contribution in [3.8, 4) is 45.1 Å². The van der Waals surface area contributed by atoms with Gasteiger partial charge in [-0.1, -0.05) is 115 Å². The summed E-state index contributed by atoms with van der Waals surface area (Å²) in [5, 5.41) is 7.31. The van der Waals surface area contributed by atoms with Crippen LogP contribution in [0.3, 0.4) is 0 Å². The number of nitrogens with zero attached hydrogens (tertiary/aromatic N) is 3. The lowest BCUT2D eigenvalue weighted by atomic mass is 9.93. The molecule has 360 valence electrons. The largest absolute Gasteiger partial charge is 0.490 e. The van der Waals surface area contributed by atoms with Crippen molar-refractivity contribution in [2.24, 2.45) is 0 Å². The van der Waals surface area contributed by atoms with Crippen molar-refractivity contribution in [2.75, 3.05) is 4.90 Å². The van der Waals surface area contributed by atoms with Gasteiger partial charge < -0.3 is 23.5 Å². The van der Waals surface area contributed by atoms with Gasteiger partial charge in [-0.3, -0.25) is 0 Å². The Kier molecular flexibility index (Phi) is 11.0. The molecule has 0 saturated heterocycles. The molecule has 5 heteroatoms. The van der Waals surface area contributed by atoms with Gasteiger partial charge in [-0.05, 0) is 200 Å². The molecular formula is C69H57N3O2. The zero-order valence-corrected chi connectivity index (χ0v) is 41.8. The van der Waals surface area contributed by atoms with E-state index in [-0.39, 0.29) is 0 Å². The molecular weight excluding hydrogens is 903 g/mol. The van der Waals surface area contributed by atoms with E-state index in [0.717, 1.165) is 65.6 Å². The number of ether oxygens (including phenoxy) is 2. The molecule has 10 aromatic carbocycles. The van der Waals surface area contributed by atoms with Crippen LogP contribution in [-0.4, -0.2) is 21.3 Å². The van der Waals surface area contributed by atoms with Crippen LogP contribution in [0.4, 0.5) is 17.1 Å². The molecule has 2 aliphatic carbocycles. The van der Waals surface area contributed by atoms with Crippen molar-refractivity contribution in [1.82, 2.24) is 9.13 Å². The van der Waals surface area contributed by atoms with Gasteiger partial charge in [0.1, 0.15) is 11.5 Å². The van der Waals surface area contributed by atoms with Crippen molar-refractivity contribution >= 4 is 71.4 Å². The second kappa shape index (κ2) is 18.5.